The van der Waals surface area contributed by atoms with E-state index in [-0.39, 0.29) is 23.7 Å². The smallest absolute Gasteiger partial charge is 0.270 e. The van der Waals surface area contributed by atoms with Gasteiger partial charge < -0.3 is 19.3 Å². The summed E-state index contributed by atoms with van der Waals surface area (Å²) >= 11 is 0. The first-order valence-electron chi connectivity index (χ1n) is 11.2. The molecule has 0 unspecified atom stereocenters. The molecule has 1 amide bonds. The van der Waals surface area contributed by atoms with E-state index >= 15 is 0 Å². The van der Waals surface area contributed by atoms with Gasteiger partial charge in [0.15, 0.2) is 0 Å². The fourth-order valence-corrected chi connectivity index (χ4v) is 4.17. The zero-order chi connectivity index (χ0) is 23.2. The van der Waals surface area contributed by atoms with Gasteiger partial charge in [0, 0.05) is 32.4 Å². The van der Waals surface area contributed by atoms with Gasteiger partial charge in [-0.15, -0.1) is 0 Å². The van der Waals surface area contributed by atoms with Gasteiger partial charge >= 0.3 is 0 Å². The number of ether oxygens (including phenoxy) is 2. The van der Waals surface area contributed by atoms with Crippen molar-refractivity contribution in [1.82, 2.24) is 20.1 Å². The molecule has 10 nitrogen and oxygen atoms in total. The number of pyridine rings is 1. The molecular formula is C23H28N6O4. The summed E-state index contributed by atoms with van der Waals surface area (Å²) in [6.07, 6.45) is 5.85. The predicted octanol–water partition coefficient (Wildman–Crippen LogP) is 1.40. The van der Waals surface area contributed by atoms with Crippen molar-refractivity contribution in [2.45, 2.75) is 44.8 Å². The normalized spacial score (nSPS) is 20.8. The van der Waals surface area contributed by atoms with Crippen molar-refractivity contribution >= 4 is 11.7 Å². The number of hydrogen-bond donors (Lipinski definition) is 1. The third kappa shape index (κ3) is 5.68. The van der Waals surface area contributed by atoms with E-state index < -0.39 is 0 Å². The van der Waals surface area contributed by atoms with Crippen LogP contribution < -0.4 is 15.2 Å². The number of aromatic amines is 1. The number of nitrogens with zero attached hydrogens (tertiary/aromatic N) is 5. The molecule has 2 atom stereocenters. The van der Waals surface area contributed by atoms with Crippen LogP contribution in [-0.2, 0) is 9.53 Å². The fraction of sp³-hybridized carbons (Fsp3) is 0.522. The molecule has 174 valence electrons. The molecule has 2 aromatic rings. The van der Waals surface area contributed by atoms with Crippen LogP contribution in [0.5, 0.6) is 5.75 Å². The monoisotopic (exact) mass is 452 g/mol. The molecule has 1 N–H and O–H groups in total. The number of carbonyl (C=O) groups excluding carboxylic acids is 1. The van der Waals surface area contributed by atoms with Gasteiger partial charge in [-0.1, -0.05) is 0 Å². The topological polar surface area (TPSA) is 124 Å². The van der Waals surface area contributed by atoms with E-state index in [0.29, 0.717) is 56.1 Å². The number of H-pyrrole nitrogens is 1. The maximum atomic E-state index is 12.9. The quantitative estimate of drug-likeness (QED) is 0.697. The molecule has 2 saturated heterocycles. The molecule has 10 heteroatoms. The van der Waals surface area contributed by atoms with E-state index in [1.807, 2.05) is 11.0 Å². The molecule has 0 bridgehead atoms. The molecule has 0 saturated carbocycles. The third-order valence-electron chi connectivity index (χ3n) is 6.16. The zero-order valence-corrected chi connectivity index (χ0v) is 18.7. The minimum Gasteiger partial charge on any atom is -0.489 e. The second-order valence-corrected chi connectivity index (χ2v) is 8.40. The van der Waals surface area contributed by atoms with Crippen molar-refractivity contribution in [3.63, 3.8) is 0 Å². The van der Waals surface area contributed by atoms with Crippen molar-refractivity contribution in [2.75, 3.05) is 37.7 Å². The summed E-state index contributed by atoms with van der Waals surface area (Å²) < 4.78 is 11.9. The van der Waals surface area contributed by atoms with Crippen LogP contribution in [0.25, 0.3) is 0 Å². The van der Waals surface area contributed by atoms with Gasteiger partial charge in [-0.05, 0) is 38.3 Å². The maximum absolute atomic E-state index is 12.9. The maximum Gasteiger partial charge on any atom is 0.270 e. The first-order valence-corrected chi connectivity index (χ1v) is 11.2. The van der Waals surface area contributed by atoms with Crippen LogP contribution in [0.3, 0.4) is 0 Å². The lowest BCUT2D eigenvalue weighted by atomic mass is 10.0. The Hall–Kier alpha value is -3.45. The standard InChI is InChI=1S/C23H28N6O4/c1-16-20(14-26-27-23(16)31)32-15-19-4-2-3-18(33-19)11-22(30)29-9-7-28(8-10-29)21-6-5-17(12-24)13-25-21/h5-6,13-14,18-19H,2-4,7-11,15H2,1H3,(H,27,31)/t18-,19-/m1/s1. The number of carbonyl (C=O) groups is 1. The van der Waals surface area contributed by atoms with E-state index in [9.17, 15) is 9.59 Å². The highest BCUT2D eigenvalue weighted by atomic mass is 16.5. The van der Waals surface area contributed by atoms with Crippen LogP contribution in [0.15, 0.2) is 29.3 Å². The van der Waals surface area contributed by atoms with Crippen molar-refractivity contribution < 1.29 is 14.3 Å². The van der Waals surface area contributed by atoms with E-state index in [2.05, 4.69) is 26.2 Å². The number of nitrogens with one attached hydrogen (secondary N) is 1. The number of aromatic nitrogens is 3. The lowest BCUT2D eigenvalue weighted by Crippen LogP contribution is -2.50. The summed E-state index contributed by atoms with van der Waals surface area (Å²) in [5, 5.41) is 15.1. The summed E-state index contributed by atoms with van der Waals surface area (Å²) in [5.41, 5.74) is 0.756. The third-order valence-corrected chi connectivity index (χ3v) is 6.16. The Bertz CT molecular complexity index is 1060. The van der Waals surface area contributed by atoms with Crippen molar-refractivity contribution in [3.8, 4) is 11.8 Å². The summed E-state index contributed by atoms with van der Waals surface area (Å²) in [6, 6.07) is 5.67. The number of hydrogen-bond acceptors (Lipinski definition) is 8. The number of piperazine rings is 1. The average Bonchev–Trinajstić information content (AvgIpc) is 2.85. The number of rotatable bonds is 6. The van der Waals surface area contributed by atoms with Gasteiger partial charge in [0.05, 0.1) is 36.0 Å². The Labute approximate surface area is 192 Å². The molecule has 2 aliphatic rings. The minimum absolute atomic E-state index is 0.101. The highest BCUT2D eigenvalue weighted by Gasteiger charge is 2.28. The Morgan fingerprint density at radius 2 is 2.03 bits per heavy atom. The molecule has 0 radical (unpaired) electrons. The van der Waals surface area contributed by atoms with E-state index in [1.54, 1.807) is 19.2 Å². The van der Waals surface area contributed by atoms with Crippen molar-refractivity contribution in [2.24, 2.45) is 0 Å². The van der Waals surface area contributed by atoms with Crippen LogP contribution in [0.2, 0.25) is 0 Å². The summed E-state index contributed by atoms with van der Waals surface area (Å²) in [5.74, 6) is 1.38. The summed E-state index contributed by atoms with van der Waals surface area (Å²) in [4.78, 5) is 32.9. The number of anilines is 1. The van der Waals surface area contributed by atoms with Crippen LogP contribution in [0, 0.1) is 18.3 Å². The van der Waals surface area contributed by atoms with Crippen LogP contribution in [0.1, 0.15) is 36.8 Å². The van der Waals surface area contributed by atoms with E-state index in [0.717, 1.165) is 25.1 Å². The number of nitriles is 1. The zero-order valence-electron chi connectivity index (χ0n) is 18.7. The molecule has 0 aliphatic carbocycles. The average molecular weight is 453 g/mol. The molecule has 33 heavy (non-hydrogen) atoms. The molecular weight excluding hydrogens is 424 g/mol. The second-order valence-electron chi connectivity index (χ2n) is 8.40. The summed E-state index contributed by atoms with van der Waals surface area (Å²) in [6.45, 7) is 4.69. The van der Waals surface area contributed by atoms with Crippen LogP contribution in [0.4, 0.5) is 5.82 Å². The first kappa shape index (κ1) is 22.7. The Morgan fingerprint density at radius 1 is 1.24 bits per heavy atom. The fourth-order valence-electron chi connectivity index (χ4n) is 4.17. The van der Waals surface area contributed by atoms with E-state index in [1.165, 1.54) is 6.20 Å². The minimum atomic E-state index is -0.268. The van der Waals surface area contributed by atoms with Gasteiger partial charge in [-0.2, -0.15) is 10.4 Å². The second kappa shape index (κ2) is 10.4. The lowest BCUT2D eigenvalue weighted by molar-refractivity contribution is -0.138. The largest absolute Gasteiger partial charge is 0.489 e. The van der Waals surface area contributed by atoms with Crippen LogP contribution in [-0.4, -0.2) is 71.0 Å². The Morgan fingerprint density at radius 3 is 2.76 bits per heavy atom. The molecule has 2 fully saturated rings. The molecule has 0 spiro atoms. The molecule has 2 aliphatic heterocycles. The van der Waals surface area contributed by atoms with Gasteiger partial charge in [0.2, 0.25) is 5.91 Å². The highest BCUT2D eigenvalue weighted by Crippen LogP contribution is 2.24. The Kier molecular flexibility index (Phi) is 7.19. The molecule has 0 aromatic carbocycles. The SMILES string of the molecule is Cc1c(OC[C@H]2CCC[C@H](CC(=O)N3CCN(c4ccc(C#N)cn4)CC3)O2)cn[nH]c1=O. The van der Waals surface area contributed by atoms with E-state index in [4.69, 9.17) is 14.7 Å². The molecule has 4 heterocycles. The Balaban J connectivity index is 1.23. The van der Waals surface area contributed by atoms with Crippen molar-refractivity contribution in [3.05, 3.63) is 46.0 Å². The van der Waals surface area contributed by atoms with Gasteiger partial charge in [-0.3, -0.25) is 9.59 Å². The van der Waals surface area contributed by atoms with Gasteiger partial charge in [-0.25, -0.2) is 10.1 Å². The molecule has 2 aromatic heterocycles. The first-order chi connectivity index (χ1) is 16.0. The van der Waals surface area contributed by atoms with Crippen LogP contribution >= 0.6 is 0 Å². The lowest BCUT2D eigenvalue weighted by Gasteiger charge is -2.37. The highest BCUT2D eigenvalue weighted by molar-refractivity contribution is 5.77. The molecule has 4 rings (SSSR count). The predicted molar refractivity (Wildman–Crippen MR) is 120 cm³/mol. The number of amides is 1. The van der Waals surface area contributed by atoms with Gasteiger partial charge in [0.25, 0.3) is 5.56 Å². The summed E-state index contributed by atoms with van der Waals surface area (Å²) in [7, 11) is 0. The van der Waals surface area contributed by atoms with Gasteiger partial charge in [0.1, 0.15) is 24.2 Å². The van der Waals surface area contributed by atoms with Crippen molar-refractivity contribution in [1.29, 1.82) is 5.26 Å².